The van der Waals surface area contributed by atoms with Crippen molar-refractivity contribution in [3.63, 3.8) is 0 Å². The normalized spacial score (nSPS) is 13.5. The fourth-order valence-electron chi connectivity index (χ4n) is 2.63. The zero-order valence-electron chi connectivity index (χ0n) is 13.5. The van der Waals surface area contributed by atoms with Gasteiger partial charge in [0, 0.05) is 22.7 Å². The van der Waals surface area contributed by atoms with Crippen molar-refractivity contribution >= 4 is 17.4 Å². The predicted octanol–water partition coefficient (Wildman–Crippen LogP) is 3.74. The quantitative estimate of drug-likeness (QED) is 0.336. The highest BCUT2D eigenvalue weighted by Gasteiger charge is 2.24. The number of amidine groups is 1. The van der Waals surface area contributed by atoms with Gasteiger partial charge in [-0.25, -0.2) is 0 Å². The maximum Gasteiger partial charge on any atom is 0.170 e. The Balaban J connectivity index is 2.76. The molecule has 0 aliphatic heterocycles. The standard InChI is InChI=1S/C16H26ClN3O/c1-15(2,3)10-16(4,5)19-9-12-7-6-11(8-13(12)17)14(18)20-21/h6-8,19,21H,9-10H2,1-5H3,(H2,18,20). The molecule has 0 spiro atoms. The van der Waals surface area contributed by atoms with Gasteiger partial charge in [-0.15, -0.1) is 0 Å². The van der Waals surface area contributed by atoms with Gasteiger partial charge in [-0.3, -0.25) is 0 Å². The first-order valence-electron chi connectivity index (χ1n) is 7.05. The Bertz CT molecular complexity index is 519. The molecule has 0 aliphatic carbocycles. The lowest BCUT2D eigenvalue weighted by Gasteiger charge is -2.33. The molecule has 0 amide bonds. The highest BCUT2D eigenvalue weighted by molar-refractivity contribution is 6.31. The summed E-state index contributed by atoms with van der Waals surface area (Å²) < 4.78 is 0. The van der Waals surface area contributed by atoms with Crippen molar-refractivity contribution in [3.05, 3.63) is 34.3 Å². The molecule has 21 heavy (non-hydrogen) atoms. The van der Waals surface area contributed by atoms with E-state index in [0.29, 0.717) is 17.1 Å². The largest absolute Gasteiger partial charge is 0.409 e. The van der Waals surface area contributed by atoms with E-state index in [1.165, 1.54) is 0 Å². The average molecular weight is 312 g/mol. The second kappa shape index (κ2) is 6.67. The van der Waals surface area contributed by atoms with Crippen molar-refractivity contribution in [3.8, 4) is 0 Å². The van der Waals surface area contributed by atoms with E-state index in [-0.39, 0.29) is 16.8 Å². The summed E-state index contributed by atoms with van der Waals surface area (Å²) in [5, 5.41) is 15.8. The number of oxime groups is 1. The van der Waals surface area contributed by atoms with Crippen LogP contribution < -0.4 is 11.1 Å². The Hall–Kier alpha value is -1.26. The zero-order valence-corrected chi connectivity index (χ0v) is 14.3. The molecule has 0 radical (unpaired) electrons. The van der Waals surface area contributed by atoms with Crippen LogP contribution in [0.5, 0.6) is 0 Å². The van der Waals surface area contributed by atoms with Crippen LogP contribution in [0, 0.1) is 5.41 Å². The molecular formula is C16H26ClN3O. The van der Waals surface area contributed by atoms with E-state index in [2.05, 4.69) is 45.1 Å². The molecule has 0 saturated heterocycles. The molecule has 1 rings (SSSR count). The smallest absolute Gasteiger partial charge is 0.170 e. The van der Waals surface area contributed by atoms with Gasteiger partial charge in [0.15, 0.2) is 5.84 Å². The number of rotatable bonds is 5. The summed E-state index contributed by atoms with van der Waals surface area (Å²) in [5.74, 6) is 0.0597. The Morgan fingerprint density at radius 1 is 1.29 bits per heavy atom. The number of nitrogens with zero attached hydrogens (tertiary/aromatic N) is 1. The lowest BCUT2D eigenvalue weighted by atomic mass is 9.82. The van der Waals surface area contributed by atoms with Gasteiger partial charge in [0.25, 0.3) is 0 Å². The van der Waals surface area contributed by atoms with E-state index in [1.807, 2.05) is 6.07 Å². The third-order valence-electron chi connectivity index (χ3n) is 3.19. The summed E-state index contributed by atoms with van der Waals surface area (Å²) in [4.78, 5) is 0. The molecule has 1 aromatic rings. The average Bonchev–Trinajstić information content (AvgIpc) is 2.33. The molecular weight excluding hydrogens is 286 g/mol. The van der Waals surface area contributed by atoms with Crippen LogP contribution in [0.1, 0.15) is 52.2 Å². The van der Waals surface area contributed by atoms with Crippen LogP contribution in [-0.4, -0.2) is 16.6 Å². The van der Waals surface area contributed by atoms with Gasteiger partial charge in [0.05, 0.1) is 0 Å². The third-order valence-corrected chi connectivity index (χ3v) is 3.54. The van der Waals surface area contributed by atoms with Gasteiger partial charge in [0.2, 0.25) is 0 Å². The van der Waals surface area contributed by atoms with Crippen LogP contribution >= 0.6 is 11.6 Å². The topological polar surface area (TPSA) is 70.6 Å². The van der Waals surface area contributed by atoms with Crippen LogP contribution in [0.15, 0.2) is 23.4 Å². The van der Waals surface area contributed by atoms with Crippen molar-refractivity contribution < 1.29 is 5.21 Å². The maximum atomic E-state index is 8.67. The highest BCUT2D eigenvalue weighted by Crippen LogP contribution is 2.27. The maximum absolute atomic E-state index is 8.67. The Kier molecular flexibility index (Phi) is 5.65. The number of benzene rings is 1. The van der Waals surface area contributed by atoms with Gasteiger partial charge >= 0.3 is 0 Å². The number of hydrogen-bond acceptors (Lipinski definition) is 3. The van der Waals surface area contributed by atoms with Gasteiger partial charge in [-0.05, 0) is 37.3 Å². The van der Waals surface area contributed by atoms with Gasteiger partial charge < -0.3 is 16.3 Å². The molecule has 0 unspecified atom stereocenters. The first kappa shape index (κ1) is 17.8. The Labute approximate surface area is 132 Å². The molecule has 4 N–H and O–H groups in total. The highest BCUT2D eigenvalue weighted by atomic mass is 35.5. The summed E-state index contributed by atoms with van der Waals surface area (Å²) in [6.45, 7) is 11.8. The molecule has 118 valence electrons. The first-order chi connectivity index (χ1) is 9.54. The molecule has 0 saturated carbocycles. The van der Waals surface area contributed by atoms with E-state index in [9.17, 15) is 0 Å². The lowest BCUT2D eigenvalue weighted by molar-refractivity contribution is 0.241. The van der Waals surface area contributed by atoms with Gasteiger partial charge in [-0.1, -0.05) is 49.7 Å². The van der Waals surface area contributed by atoms with Crippen molar-refractivity contribution in [1.29, 1.82) is 0 Å². The monoisotopic (exact) mass is 311 g/mol. The number of nitrogens with one attached hydrogen (secondary N) is 1. The van der Waals surface area contributed by atoms with Crippen molar-refractivity contribution in [2.24, 2.45) is 16.3 Å². The van der Waals surface area contributed by atoms with Crippen LogP contribution in [0.25, 0.3) is 0 Å². The Morgan fingerprint density at radius 2 is 1.90 bits per heavy atom. The fourth-order valence-corrected chi connectivity index (χ4v) is 2.88. The van der Waals surface area contributed by atoms with Crippen LogP contribution in [0.2, 0.25) is 5.02 Å². The number of hydrogen-bond donors (Lipinski definition) is 3. The molecule has 1 aromatic carbocycles. The molecule has 0 atom stereocenters. The second-order valence-corrected chi connectivity index (χ2v) is 7.67. The minimum Gasteiger partial charge on any atom is -0.409 e. The Morgan fingerprint density at radius 3 is 2.38 bits per heavy atom. The summed E-state index contributed by atoms with van der Waals surface area (Å²) in [7, 11) is 0. The predicted molar refractivity (Wildman–Crippen MR) is 89.0 cm³/mol. The zero-order chi connectivity index (χ0) is 16.3. The third kappa shape index (κ3) is 5.94. The van der Waals surface area contributed by atoms with Crippen LogP contribution in [-0.2, 0) is 6.54 Å². The summed E-state index contributed by atoms with van der Waals surface area (Å²) in [5.41, 5.74) is 7.44. The van der Waals surface area contributed by atoms with Crippen molar-refractivity contribution in [1.82, 2.24) is 5.32 Å². The van der Waals surface area contributed by atoms with Crippen LogP contribution in [0.4, 0.5) is 0 Å². The van der Waals surface area contributed by atoms with Gasteiger partial charge in [0.1, 0.15) is 0 Å². The molecule has 0 bridgehead atoms. The number of nitrogens with two attached hydrogens (primary N) is 1. The number of halogens is 1. The van der Waals surface area contributed by atoms with Crippen molar-refractivity contribution in [2.75, 3.05) is 0 Å². The van der Waals surface area contributed by atoms with E-state index >= 15 is 0 Å². The molecule has 0 aromatic heterocycles. The molecule has 5 heteroatoms. The van der Waals surface area contributed by atoms with Crippen molar-refractivity contribution in [2.45, 2.75) is 53.1 Å². The van der Waals surface area contributed by atoms with Gasteiger partial charge in [-0.2, -0.15) is 0 Å². The molecule has 0 heterocycles. The minimum absolute atomic E-state index is 0.0197. The minimum atomic E-state index is 0.0197. The van der Waals surface area contributed by atoms with E-state index in [0.717, 1.165) is 12.0 Å². The summed E-state index contributed by atoms with van der Waals surface area (Å²) >= 11 is 6.26. The second-order valence-electron chi connectivity index (χ2n) is 7.27. The summed E-state index contributed by atoms with van der Waals surface area (Å²) in [6.07, 6.45) is 1.06. The van der Waals surface area contributed by atoms with E-state index in [1.54, 1.807) is 12.1 Å². The summed E-state index contributed by atoms with van der Waals surface area (Å²) in [6, 6.07) is 5.41. The first-order valence-corrected chi connectivity index (χ1v) is 7.43. The van der Waals surface area contributed by atoms with Crippen LogP contribution in [0.3, 0.4) is 0 Å². The molecule has 0 fully saturated rings. The lowest BCUT2D eigenvalue weighted by Crippen LogP contribution is -2.41. The molecule has 4 nitrogen and oxygen atoms in total. The van der Waals surface area contributed by atoms with E-state index in [4.69, 9.17) is 22.5 Å². The SMILES string of the molecule is CC(C)(C)CC(C)(C)NCc1ccc(/C(N)=N/O)cc1Cl. The molecule has 0 aliphatic rings. The fraction of sp³-hybridized carbons (Fsp3) is 0.562. The van der Waals surface area contributed by atoms with E-state index < -0.39 is 0 Å².